The topological polar surface area (TPSA) is 109 Å². The fourth-order valence-corrected chi connectivity index (χ4v) is 1.16. The van der Waals surface area contributed by atoms with Gasteiger partial charge >= 0.3 is 0 Å². The molecule has 0 radical (unpaired) electrons. The van der Waals surface area contributed by atoms with Crippen molar-refractivity contribution in [1.29, 1.82) is 0 Å². The van der Waals surface area contributed by atoms with Gasteiger partial charge in [-0.25, -0.2) is 0 Å². The summed E-state index contributed by atoms with van der Waals surface area (Å²) in [6.45, 7) is 0. The number of hydrogen-bond acceptors (Lipinski definition) is 4. The second kappa shape index (κ2) is 3.06. The lowest BCUT2D eigenvalue weighted by molar-refractivity contribution is -0.0204. The van der Waals surface area contributed by atoms with E-state index in [1.165, 1.54) is 0 Å². The van der Waals surface area contributed by atoms with E-state index >= 15 is 0 Å². The minimum Gasteiger partial charge on any atom is -0.390 e. The van der Waals surface area contributed by atoms with Crippen molar-refractivity contribution in [3.05, 3.63) is 10.4 Å². The third-order valence-corrected chi connectivity index (χ3v) is 1.82. The van der Waals surface area contributed by atoms with Crippen LogP contribution in [0.1, 0.15) is 6.42 Å². The molecule has 0 saturated heterocycles. The van der Waals surface area contributed by atoms with Crippen molar-refractivity contribution in [2.45, 2.75) is 30.8 Å². The van der Waals surface area contributed by atoms with Gasteiger partial charge in [0.25, 0.3) is 0 Å². The van der Waals surface area contributed by atoms with Gasteiger partial charge in [-0.05, 0) is 12.0 Å². The second-order valence-corrected chi connectivity index (χ2v) is 2.56. The van der Waals surface area contributed by atoms with Crippen LogP contribution in [0, 0.1) is 0 Å². The SMILES string of the molecule is [N-]=[N+]=N[C@@H]1C[C@H](O)[C@@H](O)[C@H]1O. The van der Waals surface area contributed by atoms with Crippen LogP contribution in [0.3, 0.4) is 0 Å². The second-order valence-electron chi connectivity index (χ2n) is 2.56. The maximum Gasteiger partial charge on any atom is 0.106 e. The highest BCUT2D eigenvalue weighted by molar-refractivity contribution is 4.95. The molecule has 1 saturated carbocycles. The molecule has 0 unspecified atom stereocenters. The van der Waals surface area contributed by atoms with Crippen molar-refractivity contribution in [2.75, 3.05) is 0 Å². The van der Waals surface area contributed by atoms with Gasteiger partial charge in [-0.15, -0.1) is 0 Å². The molecule has 1 rings (SSSR count). The maximum atomic E-state index is 9.08. The summed E-state index contributed by atoms with van der Waals surface area (Å²) < 4.78 is 0. The maximum absolute atomic E-state index is 9.08. The van der Waals surface area contributed by atoms with Crippen LogP contribution in [0.4, 0.5) is 0 Å². The number of hydrogen-bond donors (Lipinski definition) is 3. The molecular formula is C5H9N3O3. The molecule has 1 fully saturated rings. The van der Waals surface area contributed by atoms with Gasteiger partial charge in [-0.1, -0.05) is 5.11 Å². The molecule has 11 heavy (non-hydrogen) atoms. The Kier molecular flexibility index (Phi) is 2.31. The summed E-state index contributed by atoms with van der Waals surface area (Å²) >= 11 is 0. The van der Waals surface area contributed by atoms with Gasteiger partial charge in [0, 0.05) is 4.91 Å². The average Bonchev–Trinajstić information content (AvgIpc) is 2.19. The summed E-state index contributed by atoms with van der Waals surface area (Å²) in [5.74, 6) is 0. The van der Waals surface area contributed by atoms with Crippen molar-refractivity contribution in [1.82, 2.24) is 0 Å². The Balaban J connectivity index is 2.66. The van der Waals surface area contributed by atoms with E-state index in [1.54, 1.807) is 0 Å². The van der Waals surface area contributed by atoms with E-state index in [4.69, 9.17) is 20.9 Å². The van der Waals surface area contributed by atoms with Crippen molar-refractivity contribution in [3.63, 3.8) is 0 Å². The Bertz CT molecular complexity index is 191. The van der Waals surface area contributed by atoms with E-state index < -0.39 is 24.4 Å². The number of rotatable bonds is 1. The number of aliphatic hydroxyl groups is 3. The molecular weight excluding hydrogens is 150 g/mol. The lowest BCUT2D eigenvalue weighted by atomic mass is 10.2. The Morgan fingerprint density at radius 1 is 1.27 bits per heavy atom. The highest BCUT2D eigenvalue weighted by Crippen LogP contribution is 2.23. The first-order valence-electron chi connectivity index (χ1n) is 3.25. The fourth-order valence-electron chi connectivity index (χ4n) is 1.16. The molecule has 6 heteroatoms. The van der Waals surface area contributed by atoms with Crippen LogP contribution in [0.2, 0.25) is 0 Å². The zero-order valence-electron chi connectivity index (χ0n) is 5.70. The van der Waals surface area contributed by atoms with E-state index in [2.05, 4.69) is 10.0 Å². The van der Waals surface area contributed by atoms with E-state index in [0.29, 0.717) is 0 Å². The van der Waals surface area contributed by atoms with Crippen LogP contribution < -0.4 is 0 Å². The van der Waals surface area contributed by atoms with Crippen LogP contribution >= 0.6 is 0 Å². The third-order valence-electron chi connectivity index (χ3n) is 1.82. The molecule has 0 aliphatic heterocycles. The molecule has 0 aromatic rings. The quantitative estimate of drug-likeness (QED) is 0.263. The molecule has 0 heterocycles. The normalized spacial score (nSPS) is 43.5. The predicted octanol–water partition coefficient (Wildman–Crippen LogP) is -0.848. The van der Waals surface area contributed by atoms with Gasteiger partial charge < -0.3 is 15.3 Å². The molecule has 1 aliphatic carbocycles. The minimum absolute atomic E-state index is 0.117. The Morgan fingerprint density at radius 2 is 1.91 bits per heavy atom. The average molecular weight is 159 g/mol. The zero-order valence-corrected chi connectivity index (χ0v) is 5.70. The van der Waals surface area contributed by atoms with Crippen molar-refractivity contribution in [2.24, 2.45) is 5.11 Å². The summed E-state index contributed by atoms with van der Waals surface area (Å²) in [5.41, 5.74) is 8.00. The van der Waals surface area contributed by atoms with Crippen LogP contribution in [-0.4, -0.2) is 39.7 Å². The lowest BCUT2D eigenvalue weighted by Crippen LogP contribution is -2.31. The van der Waals surface area contributed by atoms with Crippen LogP contribution in [-0.2, 0) is 0 Å². The number of nitrogens with zero attached hydrogens (tertiary/aromatic N) is 3. The van der Waals surface area contributed by atoms with E-state index in [-0.39, 0.29) is 6.42 Å². The molecule has 0 aromatic heterocycles. The monoisotopic (exact) mass is 159 g/mol. The lowest BCUT2D eigenvalue weighted by Gasteiger charge is -2.11. The molecule has 6 nitrogen and oxygen atoms in total. The summed E-state index contributed by atoms with van der Waals surface area (Å²) in [6, 6.07) is -0.704. The fraction of sp³-hybridized carbons (Fsp3) is 1.00. The van der Waals surface area contributed by atoms with Crippen LogP contribution in [0.15, 0.2) is 5.11 Å². The molecule has 1 aliphatic rings. The minimum atomic E-state index is -1.19. The van der Waals surface area contributed by atoms with Crippen molar-refractivity contribution >= 4 is 0 Å². The predicted molar refractivity (Wildman–Crippen MR) is 35.6 cm³/mol. The Labute approximate surface area is 62.7 Å². The molecule has 3 N–H and O–H groups in total. The Morgan fingerprint density at radius 3 is 2.27 bits per heavy atom. The van der Waals surface area contributed by atoms with Gasteiger partial charge in [0.1, 0.15) is 6.10 Å². The number of azide groups is 1. The third kappa shape index (κ3) is 1.44. The highest BCUT2D eigenvalue weighted by atomic mass is 16.4. The van der Waals surface area contributed by atoms with E-state index in [0.717, 1.165) is 0 Å². The smallest absolute Gasteiger partial charge is 0.106 e. The summed E-state index contributed by atoms with van der Waals surface area (Å²) in [6.07, 6.45) is -3.20. The molecule has 0 bridgehead atoms. The van der Waals surface area contributed by atoms with E-state index in [9.17, 15) is 0 Å². The zero-order chi connectivity index (χ0) is 8.43. The van der Waals surface area contributed by atoms with Gasteiger partial charge in [-0.2, -0.15) is 0 Å². The largest absolute Gasteiger partial charge is 0.390 e. The Hall–Kier alpha value is -0.810. The van der Waals surface area contributed by atoms with Crippen molar-refractivity contribution in [3.8, 4) is 0 Å². The van der Waals surface area contributed by atoms with Gasteiger partial charge in [0.05, 0.1) is 18.2 Å². The first kappa shape index (κ1) is 8.29. The summed E-state index contributed by atoms with van der Waals surface area (Å²) in [7, 11) is 0. The molecule has 0 spiro atoms. The van der Waals surface area contributed by atoms with Gasteiger partial charge in [-0.3, -0.25) is 0 Å². The molecule has 0 amide bonds. The molecule has 4 atom stereocenters. The molecule has 62 valence electrons. The number of aliphatic hydroxyl groups excluding tert-OH is 3. The van der Waals surface area contributed by atoms with Crippen LogP contribution in [0.25, 0.3) is 10.4 Å². The van der Waals surface area contributed by atoms with Crippen LogP contribution in [0.5, 0.6) is 0 Å². The highest BCUT2D eigenvalue weighted by Gasteiger charge is 2.39. The standard InChI is InChI=1S/C5H9N3O3/c6-8-7-2-1-3(9)5(11)4(2)10/h2-5,9-11H,1H2/t2-,3+,4+,5-/m1/s1. The first-order chi connectivity index (χ1) is 5.16. The molecule has 0 aromatic carbocycles. The first-order valence-corrected chi connectivity index (χ1v) is 3.25. The van der Waals surface area contributed by atoms with Crippen molar-refractivity contribution < 1.29 is 15.3 Å². The van der Waals surface area contributed by atoms with Gasteiger partial charge in [0.2, 0.25) is 0 Å². The summed E-state index contributed by atoms with van der Waals surface area (Å²) in [4.78, 5) is 2.48. The van der Waals surface area contributed by atoms with Gasteiger partial charge in [0.15, 0.2) is 0 Å². The summed E-state index contributed by atoms with van der Waals surface area (Å²) in [5, 5.41) is 30.3. The van der Waals surface area contributed by atoms with E-state index in [1.807, 2.05) is 0 Å².